The lowest BCUT2D eigenvalue weighted by atomic mass is 10.1. The van der Waals surface area contributed by atoms with Gasteiger partial charge in [-0.25, -0.2) is 4.39 Å². The number of piperazine rings is 1. The Labute approximate surface area is 159 Å². The van der Waals surface area contributed by atoms with Gasteiger partial charge in [0.25, 0.3) is 0 Å². The Morgan fingerprint density at radius 3 is 2.41 bits per heavy atom. The molecule has 1 heterocycles. The van der Waals surface area contributed by atoms with Gasteiger partial charge in [0.15, 0.2) is 0 Å². The molecule has 140 valence electrons. The van der Waals surface area contributed by atoms with Crippen LogP contribution in [0.15, 0.2) is 42.5 Å². The number of nitrogens with zero attached hydrogens (tertiary/aromatic N) is 3. The Morgan fingerprint density at radius 1 is 1.11 bits per heavy atom. The molecule has 5 nitrogen and oxygen atoms in total. The molecule has 3 rings (SSSR count). The van der Waals surface area contributed by atoms with Crippen LogP contribution in [0.25, 0.3) is 0 Å². The number of aryl methyl sites for hydroxylation is 1. The fourth-order valence-corrected chi connectivity index (χ4v) is 3.13. The molecule has 0 aliphatic carbocycles. The van der Waals surface area contributed by atoms with E-state index in [-0.39, 0.29) is 11.7 Å². The van der Waals surface area contributed by atoms with Crippen LogP contribution in [0.5, 0.6) is 0 Å². The summed E-state index contributed by atoms with van der Waals surface area (Å²) >= 11 is 0. The summed E-state index contributed by atoms with van der Waals surface area (Å²) in [6.07, 6.45) is 0. The normalized spacial score (nSPS) is 15.3. The molecule has 1 fully saturated rings. The molecule has 6 heteroatoms. The summed E-state index contributed by atoms with van der Waals surface area (Å²) in [4.78, 5) is 16.5. The SMILES string of the molecule is Cc1ccc(NC(=O)CN2CCN(Cc3ccc(C#N)cc3F)CC2)cc1. The van der Waals surface area contributed by atoms with E-state index in [0.29, 0.717) is 24.2 Å². The lowest BCUT2D eigenvalue weighted by molar-refractivity contribution is -0.117. The average molecular weight is 366 g/mol. The molecular weight excluding hydrogens is 343 g/mol. The van der Waals surface area contributed by atoms with Crippen molar-refractivity contribution in [2.24, 2.45) is 0 Å². The third-order valence-electron chi connectivity index (χ3n) is 4.74. The largest absolute Gasteiger partial charge is 0.325 e. The predicted molar refractivity (Wildman–Crippen MR) is 103 cm³/mol. The van der Waals surface area contributed by atoms with Crippen molar-refractivity contribution < 1.29 is 9.18 Å². The minimum Gasteiger partial charge on any atom is -0.325 e. The molecule has 0 saturated carbocycles. The molecule has 0 atom stereocenters. The van der Waals surface area contributed by atoms with Gasteiger partial charge < -0.3 is 5.32 Å². The molecule has 0 aromatic heterocycles. The minimum atomic E-state index is -0.339. The van der Waals surface area contributed by atoms with Crippen LogP contribution < -0.4 is 5.32 Å². The molecule has 27 heavy (non-hydrogen) atoms. The summed E-state index contributed by atoms with van der Waals surface area (Å²) < 4.78 is 14.0. The first kappa shape index (κ1) is 19.0. The van der Waals surface area contributed by atoms with Crippen LogP contribution in [0, 0.1) is 24.1 Å². The second kappa shape index (κ2) is 8.76. The second-order valence-corrected chi connectivity index (χ2v) is 6.88. The number of hydrogen-bond donors (Lipinski definition) is 1. The summed E-state index contributed by atoms with van der Waals surface area (Å²) in [6.45, 7) is 5.95. The van der Waals surface area contributed by atoms with Crippen LogP contribution in [0.1, 0.15) is 16.7 Å². The van der Waals surface area contributed by atoms with Gasteiger partial charge in [-0.1, -0.05) is 23.8 Å². The van der Waals surface area contributed by atoms with Crippen molar-refractivity contribution in [1.29, 1.82) is 5.26 Å². The molecule has 1 aliphatic heterocycles. The maximum absolute atomic E-state index is 14.0. The summed E-state index contributed by atoms with van der Waals surface area (Å²) in [5.74, 6) is -0.362. The monoisotopic (exact) mass is 366 g/mol. The summed E-state index contributed by atoms with van der Waals surface area (Å²) in [5.41, 5.74) is 2.89. The highest BCUT2D eigenvalue weighted by atomic mass is 19.1. The molecule has 1 N–H and O–H groups in total. The highest BCUT2D eigenvalue weighted by Crippen LogP contribution is 2.14. The standard InChI is InChI=1S/C21H23FN4O/c1-16-2-6-19(7-3-16)24-21(27)15-26-10-8-25(9-11-26)14-18-5-4-17(13-23)12-20(18)22/h2-7,12H,8-11,14-15H2,1H3,(H,24,27). The molecule has 1 aliphatic rings. The maximum atomic E-state index is 14.0. The summed E-state index contributed by atoms with van der Waals surface area (Å²) in [7, 11) is 0. The van der Waals surface area contributed by atoms with Crippen LogP contribution >= 0.6 is 0 Å². The number of nitriles is 1. The fourth-order valence-electron chi connectivity index (χ4n) is 3.13. The third-order valence-corrected chi connectivity index (χ3v) is 4.74. The number of benzene rings is 2. The van der Waals surface area contributed by atoms with Gasteiger partial charge in [-0.15, -0.1) is 0 Å². The van der Waals surface area contributed by atoms with Crippen molar-refractivity contribution in [3.05, 3.63) is 65.0 Å². The van der Waals surface area contributed by atoms with E-state index in [0.717, 1.165) is 37.4 Å². The topological polar surface area (TPSA) is 59.4 Å². The molecular formula is C21H23FN4O. The lowest BCUT2D eigenvalue weighted by Gasteiger charge is -2.34. The van der Waals surface area contributed by atoms with E-state index >= 15 is 0 Å². The number of carbonyl (C=O) groups is 1. The number of carbonyl (C=O) groups excluding carboxylic acids is 1. The number of halogens is 1. The Balaban J connectivity index is 1.45. The smallest absolute Gasteiger partial charge is 0.238 e. The molecule has 1 saturated heterocycles. The summed E-state index contributed by atoms with van der Waals surface area (Å²) in [6, 6.07) is 14.3. The van der Waals surface area contributed by atoms with E-state index in [2.05, 4.69) is 15.1 Å². The number of amides is 1. The Hall–Kier alpha value is -2.75. The first-order chi connectivity index (χ1) is 13.0. The Kier molecular flexibility index (Phi) is 6.17. The predicted octanol–water partition coefficient (Wildman–Crippen LogP) is 2.76. The van der Waals surface area contributed by atoms with Crippen LogP contribution in [0.2, 0.25) is 0 Å². The Bertz CT molecular complexity index is 836. The van der Waals surface area contributed by atoms with Gasteiger partial charge >= 0.3 is 0 Å². The van der Waals surface area contributed by atoms with E-state index in [1.165, 1.54) is 6.07 Å². The highest BCUT2D eigenvalue weighted by molar-refractivity contribution is 5.92. The first-order valence-corrected chi connectivity index (χ1v) is 9.03. The van der Waals surface area contributed by atoms with Crippen LogP contribution in [-0.4, -0.2) is 48.4 Å². The van der Waals surface area contributed by atoms with Gasteiger partial charge in [0.1, 0.15) is 5.82 Å². The number of hydrogen-bond acceptors (Lipinski definition) is 4. The van der Waals surface area contributed by atoms with E-state index in [9.17, 15) is 9.18 Å². The first-order valence-electron chi connectivity index (χ1n) is 9.03. The van der Waals surface area contributed by atoms with Crippen molar-refractivity contribution in [2.45, 2.75) is 13.5 Å². The third kappa shape index (κ3) is 5.36. The molecule has 0 bridgehead atoms. The zero-order chi connectivity index (χ0) is 19.2. The second-order valence-electron chi connectivity index (χ2n) is 6.88. The molecule has 0 unspecified atom stereocenters. The lowest BCUT2D eigenvalue weighted by Crippen LogP contribution is -2.48. The van der Waals surface area contributed by atoms with Crippen LogP contribution in [0.4, 0.5) is 10.1 Å². The van der Waals surface area contributed by atoms with E-state index < -0.39 is 0 Å². The van der Waals surface area contributed by atoms with Crippen molar-refractivity contribution >= 4 is 11.6 Å². The highest BCUT2D eigenvalue weighted by Gasteiger charge is 2.20. The van der Waals surface area contributed by atoms with Gasteiger partial charge in [0.05, 0.1) is 18.2 Å². The molecule has 2 aromatic carbocycles. The molecule has 0 spiro atoms. The van der Waals surface area contributed by atoms with Gasteiger partial charge in [0.2, 0.25) is 5.91 Å². The van der Waals surface area contributed by atoms with E-state index in [1.54, 1.807) is 12.1 Å². The van der Waals surface area contributed by atoms with Gasteiger partial charge in [-0.2, -0.15) is 5.26 Å². The quantitative estimate of drug-likeness (QED) is 0.884. The van der Waals surface area contributed by atoms with Gasteiger partial charge in [0, 0.05) is 44.0 Å². The number of rotatable bonds is 5. The summed E-state index contributed by atoms with van der Waals surface area (Å²) in [5, 5.41) is 11.7. The minimum absolute atomic E-state index is 0.0227. The number of nitrogens with one attached hydrogen (secondary N) is 1. The van der Waals surface area contributed by atoms with Gasteiger partial charge in [-0.3, -0.25) is 14.6 Å². The fraction of sp³-hybridized carbons (Fsp3) is 0.333. The average Bonchev–Trinajstić information content (AvgIpc) is 2.66. The molecule has 0 radical (unpaired) electrons. The van der Waals surface area contributed by atoms with Crippen molar-refractivity contribution in [3.8, 4) is 6.07 Å². The Morgan fingerprint density at radius 2 is 1.78 bits per heavy atom. The number of anilines is 1. The van der Waals surface area contributed by atoms with Crippen molar-refractivity contribution in [2.75, 3.05) is 38.0 Å². The van der Waals surface area contributed by atoms with Crippen molar-refractivity contribution in [1.82, 2.24) is 9.80 Å². The van der Waals surface area contributed by atoms with Gasteiger partial charge in [-0.05, 0) is 31.2 Å². The van der Waals surface area contributed by atoms with Crippen LogP contribution in [-0.2, 0) is 11.3 Å². The molecule has 1 amide bonds. The van der Waals surface area contributed by atoms with E-state index in [4.69, 9.17) is 5.26 Å². The zero-order valence-corrected chi connectivity index (χ0v) is 15.4. The van der Waals surface area contributed by atoms with E-state index in [1.807, 2.05) is 37.3 Å². The maximum Gasteiger partial charge on any atom is 0.238 e. The molecule has 2 aromatic rings. The van der Waals surface area contributed by atoms with Crippen LogP contribution in [0.3, 0.4) is 0 Å². The van der Waals surface area contributed by atoms with Crippen molar-refractivity contribution in [3.63, 3.8) is 0 Å². The zero-order valence-electron chi connectivity index (χ0n) is 15.4.